The molecule has 6 N–H and O–H groups in total. The van der Waals surface area contributed by atoms with Crippen LogP contribution in [0.5, 0.6) is 0 Å². The third kappa shape index (κ3) is 39.4. The van der Waals surface area contributed by atoms with E-state index in [4.69, 9.17) is 9.47 Å². The summed E-state index contributed by atoms with van der Waals surface area (Å²) in [4.78, 5) is 13.0. The number of allylic oxidation sites excluding steroid dienone is 7. The van der Waals surface area contributed by atoms with Crippen LogP contribution in [0.3, 0.4) is 0 Å². The first kappa shape index (κ1) is 65.2. The maximum Gasteiger partial charge on any atom is 0.220 e. The molecule has 0 radical (unpaired) electrons. The highest BCUT2D eigenvalue weighted by Gasteiger charge is 2.44. The van der Waals surface area contributed by atoms with Crippen LogP contribution in [0.25, 0.3) is 0 Å². The van der Waals surface area contributed by atoms with Gasteiger partial charge in [0.2, 0.25) is 5.91 Å². The Morgan fingerprint density at radius 1 is 0.478 bits per heavy atom. The lowest BCUT2D eigenvalue weighted by Crippen LogP contribution is -2.60. The Labute approximate surface area is 424 Å². The first-order valence-electron chi connectivity index (χ1n) is 29.4. The van der Waals surface area contributed by atoms with Crippen LogP contribution in [0.1, 0.15) is 271 Å². The number of nitrogens with one attached hydrogen (secondary N) is 1. The molecular formula is C60H111NO8. The van der Waals surface area contributed by atoms with Crippen LogP contribution < -0.4 is 5.32 Å². The maximum atomic E-state index is 13.0. The minimum absolute atomic E-state index is 0.199. The summed E-state index contributed by atoms with van der Waals surface area (Å²) >= 11 is 0. The summed E-state index contributed by atoms with van der Waals surface area (Å²) in [7, 11) is 0. The average molecular weight is 975 g/mol. The fourth-order valence-corrected chi connectivity index (χ4v) is 9.18. The SMILES string of the molecule is CCCCCCCC/C=C\CCCCCCCC(=O)NC(COC1OC(CO)C(O)C(O)C1O)C(O)/C=C/CC/C=C/CC/C=C/CCCCCCCCCCCCCCCCCCCCCCC. The molecule has 1 saturated heterocycles. The standard InChI is InChI=1S/C60H111NO8/c1-3-5-7-9-11-13-15-17-19-20-21-22-23-24-25-26-27-28-29-30-31-32-33-34-36-37-39-41-43-45-47-49-54(63)53(52-68-60-59(67)58(66)57(65)55(51-62)69-60)61-56(64)50-48-46-44-42-40-38-35-18-16-14-12-10-8-6-4-2/h18,33-35,39,41,47,49,53-55,57-60,62-63,65-67H,3-17,19-32,36-38,40,42-46,48,50-52H2,1-2H3,(H,61,64)/b34-33+,35-18-,41-39+,49-47+. The van der Waals surface area contributed by atoms with Crippen molar-refractivity contribution in [3.8, 4) is 0 Å². The zero-order chi connectivity index (χ0) is 50.1. The van der Waals surface area contributed by atoms with Gasteiger partial charge in [0.25, 0.3) is 0 Å². The lowest BCUT2D eigenvalue weighted by Gasteiger charge is -2.40. The van der Waals surface area contributed by atoms with Crippen LogP contribution in [-0.2, 0) is 14.3 Å². The Bertz CT molecular complexity index is 1220. The lowest BCUT2D eigenvalue weighted by atomic mass is 9.99. The predicted octanol–water partition coefficient (Wildman–Crippen LogP) is 14.5. The van der Waals surface area contributed by atoms with Crippen LogP contribution >= 0.6 is 0 Å². The van der Waals surface area contributed by atoms with Crippen molar-refractivity contribution in [2.45, 2.75) is 314 Å². The average Bonchev–Trinajstić information content (AvgIpc) is 3.35. The summed E-state index contributed by atoms with van der Waals surface area (Å²) in [5.74, 6) is -0.199. The Balaban J connectivity index is 2.22. The summed E-state index contributed by atoms with van der Waals surface area (Å²) in [5, 5.41) is 54.4. The number of aliphatic hydroxyl groups is 5. The van der Waals surface area contributed by atoms with E-state index in [1.165, 1.54) is 186 Å². The second-order valence-corrected chi connectivity index (χ2v) is 20.4. The Kier molecular flexibility index (Phi) is 47.0. The van der Waals surface area contributed by atoms with Crippen LogP contribution in [-0.4, -0.2) is 87.5 Å². The first-order chi connectivity index (χ1) is 33.8. The van der Waals surface area contributed by atoms with E-state index in [0.717, 1.165) is 64.2 Å². The lowest BCUT2D eigenvalue weighted by molar-refractivity contribution is -0.302. The molecule has 1 aliphatic rings. The van der Waals surface area contributed by atoms with Crippen molar-refractivity contribution in [1.82, 2.24) is 5.32 Å². The van der Waals surface area contributed by atoms with Gasteiger partial charge in [-0.05, 0) is 70.6 Å². The van der Waals surface area contributed by atoms with Gasteiger partial charge in [-0.25, -0.2) is 0 Å². The topological polar surface area (TPSA) is 149 Å². The van der Waals surface area contributed by atoms with E-state index < -0.39 is 49.5 Å². The summed E-state index contributed by atoms with van der Waals surface area (Å²) < 4.78 is 11.2. The number of amides is 1. The minimum atomic E-state index is -1.58. The molecule has 1 aliphatic heterocycles. The van der Waals surface area contributed by atoms with Crippen molar-refractivity contribution < 1.29 is 39.8 Å². The maximum absolute atomic E-state index is 13.0. The Morgan fingerprint density at radius 3 is 1.22 bits per heavy atom. The number of hydrogen-bond acceptors (Lipinski definition) is 8. The molecular weight excluding hydrogens is 863 g/mol. The number of hydrogen-bond donors (Lipinski definition) is 6. The zero-order valence-electron chi connectivity index (χ0n) is 44.8. The van der Waals surface area contributed by atoms with Gasteiger partial charge in [0.1, 0.15) is 24.4 Å². The molecule has 0 bridgehead atoms. The molecule has 1 amide bonds. The molecule has 1 fully saturated rings. The molecule has 0 saturated carbocycles. The second kappa shape index (κ2) is 49.7. The van der Waals surface area contributed by atoms with Crippen molar-refractivity contribution in [3.05, 3.63) is 48.6 Å². The molecule has 0 aromatic heterocycles. The molecule has 404 valence electrons. The molecule has 9 nitrogen and oxygen atoms in total. The molecule has 1 heterocycles. The number of ether oxygens (including phenoxy) is 2. The first-order valence-corrected chi connectivity index (χ1v) is 29.4. The van der Waals surface area contributed by atoms with E-state index >= 15 is 0 Å². The Hall–Kier alpha value is -1.85. The highest BCUT2D eigenvalue weighted by Crippen LogP contribution is 2.23. The number of carbonyl (C=O) groups excluding carboxylic acids is 1. The van der Waals surface area contributed by atoms with Gasteiger partial charge in [-0.1, -0.05) is 242 Å². The van der Waals surface area contributed by atoms with Crippen molar-refractivity contribution in [2.75, 3.05) is 13.2 Å². The van der Waals surface area contributed by atoms with E-state index in [1.807, 2.05) is 6.08 Å². The highest BCUT2D eigenvalue weighted by atomic mass is 16.7. The summed E-state index contributed by atoms with van der Waals surface area (Å²) in [6, 6.07) is -0.833. The quantitative estimate of drug-likeness (QED) is 0.0261. The third-order valence-electron chi connectivity index (χ3n) is 13.9. The molecule has 0 aromatic carbocycles. The largest absolute Gasteiger partial charge is 0.394 e. The minimum Gasteiger partial charge on any atom is -0.394 e. The monoisotopic (exact) mass is 974 g/mol. The van der Waals surface area contributed by atoms with Crippen LogP contribution in [0.2, 0.25) is 0 Å². The molecule has 0 spiro atoms. The van der Waals surface area contributed by atoms with Gasteiger partial charge in [0.05, 0.1) is 25.4 Å². The fraction of sp³-hybridized carbons (Fsp3) is 0.850. The predicted molar refractivity (Wildman–Crippen MR) is 290 cm³/mol. The molecule has 9 heteroatoms. The fourth-order valence-electron chi connectivity index (χ4n) is 9.18. The number of rotatable bonds is 50. The van der Waals surface area contributed by atoms with Crippen molar-refractivity contribution in [3.63, 3.8) is 0 Å². The summed E-state index contributed by atoms with van der Waals surface area (Å²) in [6.45, 7) is 3.76. The van der Waals surface area contributed by atoms with Crippen LogP contribution in [0.15, 0.2) is 48.6 Å². The zero-order valence-corrected chi connectivity index (χ0v) is 44.8. The van der Waals surface area contributed by atoms with Gasteiger partial charge in [-0.3, -0.25) is 4.79 Å². The van der Waals surface area contributed by atoms with Gasteiger partial charge in [0.15, 0.2) is 6.29 Å². The van der Waals surface area contributed by atoms with E-state index in [9.17, 15) is 30.3 Å². The van der Waals surface area contributed by atoms with E-state index in [1.54, 1.807) is 6.08 Å². The molecule has 7 unspecified atom stereocenters. The molecule has 0 aromatic rings. The van der Waals surface area contributed by atoms with E-state index in [0.29, 0.717) is 6.42 Å². The summed E-state index contributed by atoms with van der Waals surface area (Å²) in [6.07, 6.45) is 59.1. The summed E-state index contributed by atoms with van der Waals surface area (Å²) in [5.41, 5.74) is 0. The molecule has 1 rings (SSSR count). The van der Waals surface area contributed by atoms with Gasteiger partial charge >= 0.3 is 0 Å². The van der Waals surface area contributed by atoms with E-state index in [2.05, 4.69) is 55.6 Å². The van der Waals surface area contributed by atoms with Crippen molar-refractivity contribution in [1.29, 1.82) is 0 Å². The molecule has 69 heavy (non-hydrogen) atoms. The second-order valence-electron chi connectivity index (χ2n) is 20.4. The van der Waals surface area contributed by atoms with Gasteiger partial charge < -0.3 is 40.3 Å². The third-order valence-corrected chi connectivity index (χ3v) is 13.9. The van der Waals surface area contributed by atoms with Gasteiger partial charge in [-0.2, -0.15) is 0 Å². The normalized spacial score (nSPS) is 19.8. The molecule has 7 atom stereocenters. The van der Waals surface area contributed by atoms with Crippen LogP contribution in [0.4, 0.5) is 0 Å². The smallest absolute Gasteiger partial charge is 0.220 e. The highest BCUT2D eigenvalue weighted by molar-refractivity contribution is 5.76. The van der Waals surface area contributed by atoms with E-state index in [-0.39, 0.29) is 12.5 Å². The number of unbranched alkanes of at least 4 members (excludes halogenated alkanes) is 34. The number of carbonyl (C=O) groups is 1. The van der Waals surface area contributed by atoms with Crippen molar-refractivity contribution in [2.24, 2.45) is 0 Å². The number of aliphatic hydroxyl groups excluding tert-OH is 5. The van der Waals surface area contributed by atoms with Gasteiger partial charge in [-0.15, -0.1) is 0 Å². The van der Waals surface area contributed by atoms with Crippen LogP contribution in [0, 0.1) is 0 Å². The molecule has 0 aliphatic carbocycles. The Morgan fingerprint density at radius 2 is 0.826 bits per heavy atom. The van der Waals surface area contributed by atoms with Gasteiger partial charge in [0, 0.05) is 6.42 Å². The van der Waals surface area contributed by atoms with Crippen molar-refractivity contribution >= 4 is 5.91 Å².